The molecule has 2 atom stereocenters. The zero-order chi connectivity index (χ0) is 16.0. The topological polar surface area (TPSA) is 29.5 Å². The summed E-state index contributed by atoms with van der Waals surface area (Å²) in [6.45, 7) is 9.47. The standard InChI is InChI=1S/C19H25NO2/c1-14-13-20(17(21)22-18(2,3)4)12-11-19(14)10-9-15-7-5-6-8-16(15)19/h5-10,14H,11-13H2,1-4H3. The molecule has 0 radical (unpaired) electrons. The highest BCUT2D eigenvalue weighted by Gasteiger charge is 2.44. The molecule has 1 aliphatic heterocycles. The Morgan fingerprint density at radius 2 is 2.05 bits per heavy atom. The fourth-order valence-corrected chi connectivity index (χ4v) is 3.69. The summed E-state index contributed by atoms with van der Waals surface area (Å²) >= 11 is 0. The summed E-state index contributed by atoms with van der Waals surface area (Å²) in [4.78, 5) is 14.2. The molecule has 1 aliphatic carbocycles. The number of piperidine rings is 1. The van der Waals surface area contributed by atoms with Crippen LogP contribution in [0, 0.1) is 5.92 Å². The normalized spacial score (nSPS) is 27.1. The number of carbonyl (C=O) groups is 1. The third kappa shape index (κ3) is 2.53. The lowest BCUT2D eigenvalue weighted by atomic mass is 9.68. The lowest BCUT2D eigenvalue weighted by Crippen LogP contribution is -2.50. The monoisotopic (exact) mass is 299 g/mol. The Balaban J connectivity index is 1.77. The molecule has 1 heterocycles. The molecule has 1 aromatic carbocycles. The lowest BCUT2D eigenvalue weighted by Gasteiger charge is -2.44. The Morgan fingerprint density at radius 1 is 1.32 bits per heavy atom. The fourth-order valence-electron chi connectivity index (χ4n) is 3.69. The summed E-state index contributed by atoms with van der Waals surface area (Å²) in [5, 5.41) is 0. The van der Waals surface area contributed by atoms with E-state index in [0.29, 0.717) is 5.92 Å². The number of rotatable bonds is 0. The van der Waals surface area contributed by atoms with Crippen molar-refractivity contribution in [3.05, 3.63) is 41.5 Å². The van der Waals surface area contributed by atoms with E-state index in [0.717, 1.165) is 19.5 Å². The predicted molar refractivity (Wildman–Crippen MR) is 88.7 cm³/mol. The summed E-state index contributed by atoms with van der Waals surface area (Å²) in [7, 11) is 0. The second-order valence-corrected chi connectivity index (χ2v) is 7.54. The van der Waals surface area contributed by atoms with Gasteiger partial charge in [0.25, 0.3) is 0 Å². The number of hydrogen-bond acceptors (Lipinski definition) is 2. The van der Waals surface area contributed by atoms with Crippen LogP contribution in [0.3, 0.4) is 0 Å². The van der Waals surface area contributed by atoms with Crippen molar-refractivity contribution in [2.24, 2.45) is 5.92 Å². The van der Waals surface area contributed by atoms with E-state index < -0.39 is 5.60 Å². The third-order valence-corrected chi connectivity index (χ3v) is 4.84. The van der Waals surface area contributed by atoms with Crippen molar-refractivity contribution in [1.29, 1.82) is 0 Å². The summed E-state index contributed by atoms with van der Waals surface area (Å²) in [5.41, 5.74) is 2.37. The molecule has 3 nitrogen and oxygen atoms in total. The highest BCUT2D eigenvalue weighted by atomic mass is 16.6. The largest absolute Gasteiger partial charge is 0.444 e. The minimum Gasteiger partial charge on any atom is -0.444 e. The molecular weight excluding hydrogens is 274 g/mol. The quantitative estimate of drug-likeness (QED) is 0.717. The van der Waals surface area contributed by atoms with Gasteiger partial charge in [-0.25, -0.2) is 4.79 Å². The average molecular weight is 299 g/mol. The maximum absolute atomic E-state index is 12.3. The maximum Gasteiger partial charge on any atom is 0.410 e. The van der Waals surface area contributed by atoms with Crippen LogP contribution in [0.1, 0.15) is 45.2 Å². The molecule has 1 spiro atoms. The van der Waals surface area contributed by atoms with Crippen molar-refractivity contribution < 1.29 is 9.53 Å². The molecule has 0 aromatic heterocycles. The van der Waals surface area contributed by atoms with Gasteiger partial charge in [-0.3, -0.25) is 0 Å². The Hall–Kier alpha value is -1.77. The smallest absolute Gasteiger partial charge is 0.410 e. The number of allylic oxidation sites excluding steroid dienone is 1. The maximum atomic E-state index is 12.3. The first-order valence-electron chi connectivity index (χ1n) is 8.08. The second kappa shape index (κ2) is 5.15. The number of benzene rings is 1. The highest BCUT2D eigenvalue weighted by Crippen LogP contribution is 2.46. The van der Waals surface area contributed by atoms with Crippen LogP contribution >= 0.6 is 0 Å². The number of carbonyl (C=O) groups excluding carboxylic acids is 1. The van der Waals surface area contributed by atoms with E-state index in [4.69, 9.17) is 4.74 Å². The van der Waals surface area contributed by atoms with Gasteiger partial charge in [0.05, 0.1) is 0 Å². The van der Waals surface area contributed by atoms with Crippen molar-refractivity contribution in [2.75, 3.05) is 13.1 Å². The van der Waals surface area contributed by atoms with Crippen molar-refractivity contribution in [3.63, 3.8) is 0 Å². The molecule has 118 valence electrons. The van der Waals surface area contributed by atoms with Crippen LogP contribution in [0.4, 0.5) is 4.79 Å². The SMILES string of the molecule is CC1CN(C(=O)OC(C)(C)C)CCC12C=Cc1ccccc12. The Labute approximate surface area is 133 Å². The average Bonchev–Trinajstić information content (AvgIpc) is 2.80. The van der Waals surface area contributed by atoms with Gasteiger partial charge in [0.15, 0.2) is 0 Å². The van der Waals surface area contributed by atoms with Crippen LogP contribution in [-0.4, -0.2) is 29.7 Å². The van der Waals surface area contributed by atoms with Crippen LogP contribution in [0.25, 0.3) is 6.08 Å². The Kier molecular flexibility index (Phi) is 3.54. The molecule has 1 saturated heterocycles. The second-order valence-electron chi connectivity index (χ2n) is 7.54. The van der Waals surface area contributed by atoms with E-state index in [9.17, 15) is 4.79 Å². The van der Waals surface area contributed by atoms with Crippen molar-refractivity contribution in [1.82, 2.24) is 4.90 Å². The number of hydrogen-bond donors (Lipinski definition) is 0. The van der Waals surface area contributed by atoms with E-state index >= 15 is 0 Å². The van der Waals surface area contributed by atoms with Crippen molar-refractivity contribution in [3.8, 4) is 0 Å². The predicted octanol–water partition coefficient (Wildman–Crippen LogP) is 4.23. The minimum absolute atomic E-state index is 0.0785. The molecule has 22 heavy (non-hydrogen) atoms. The first-order chi connectivity index (χ1) is 10.3. The summed E-state index contributed by atoms with van der Waals surface area (Å²) < 4.78 is 5.52. The zero-order valence-electron chi connectivity index (χ0n) is 13.9. The molecule has 1 amide bonds. The minimum atomic E-state index is -0.435. The molecule has 3 heteroatoms. The van der Waals surface area contributed by atoms with E-state index in [2.05, 4.69) is 43.3 Å². The molecule has 1 fully saturated rings. The Bertz CT molecular complexity index is 614. The van der Waals surface area contributed by atoms with Gasteiger partial charge < -0.3 is 9.64 Å². The first-order valence-corrected chi connectivity index (χ1v) is 8.08. The van der Waals surface area contributed by atoms with Crippen molar-refractivity contribution in [2.45, 2.75) is 45.1 Å². The molecular formula is C19H25NO2. The number of amides is 1. The summed E-state index contributed by atoms with van der Waals surface area (Å²) in [6, 6.07) is 8.60. The van der Waals surface area contributed by atoms with Crippen LogP contribution in [0.15, 0.2) is 30.3 Å². The van der Waals surface area contributed by atoms with Gasteiger partial charge in [0.1, 0.15) is 5.60 Å². The zero-order valence-corrected chi connectivity index (χ0v) is 13.9. The molecule has 2 unspecified atom stereocenters. The molecule has 0 saturated carbocycles. The third-order valence-electron chi connectivity index (χ3n) is 4.84. The Morgan fingerprint density at radius 3 is 2.73 bits per heavy atom. The van der Waals surface area contributed by atoms with Gasteiger partial charge >= 0.3 is 6.09 Å². The summed E-state index contributed by atoms with van der Waals surface area (Å²) in [6.07, 6.45) is 5.34. The van der Waals surface area contributed by atoms with E-state index in [-0.39, 0.29) is 11.5 Å². The van der Waals surface area contributed by atoms with Gasteiger partial charge in [-0.2, -0.15) is 0 Å². The molecule has 1 aromatic rings. The molecule has 2 aliphatic rings. The number of fused-ring (bicyclic) bond motifs is 2. The molecule has 3 rings (SSSR count). The number of ether oxygens (including phenoxy) is 1. The van der Waals surface area contributed by atoms with E-state index in [1.54, 1.807) is 0 Å². The van der Waals surface area contributed by atoms with Gasteiger partial charge in [-0.05, 0) is 44.2 Å². The molecule has 0 bridgehead atoms. The summed E-state index contributed by atoms with van der Waals surface area (Å²) in [5.74, 6) is 0.383. The van der Waals surface area contributed by atoms with Gasteiger partial charge in [-0.15, -0.1) is 0 Å². The van der Waals surface area contributed by atoms with E-state index in [1.165, 1.54) is 11.1 Å². The van der Waals surface area contributed by atoms with Gasteiger partial charge in [-0.1, -0.05) is 43.3 Å². The van der Waals surface area contributed by atoms with Crippen molar-refractivity contribution >= 4 is 12.2 Å². The number of likely N-dealkylation sites (tertiary alicyclic amines) is 1. The first kappa shape index (κ1) is 15.1. The van der Waals surface area contributed by atoms with Crippen LogP contribution in [0.2, 0.25) is 0 Å². The highest BCUT2D eigenvalue weighted by molar-refractivity contribution is 5.70. The lowest BCUT2D eigenvalue weighted by molar-refractivity contribution is 0.0116. The van der Waals surface area contributed by atoms with Crippen LogP contribution in [0.5, 0.6) is 0 Å². The molecule has 0 N–H and O–H groups in total. The van der Waals surface area contributed by atoms with E-state index in [1.807, 2.05) is 25.7 Å². The van der Waals surface area contributed by atoms with Crippen LogP contribution < -0.4 is 0 Å². The fraction of sp³-hybridized carbons (Fsp3) is 0.526. The van der Waals surface area contributed by atoms with Gasteiger partial charge in [0, 0.05) is 18.5 Å². The number of nitrogens with zero attached hydrogens (tertiary/aromatic N) is 1. The van der Waals surface area contributed by atoms with Gasteiger partial charge in [0.2, 0.25) is 0 Å². The van der Waals surface area contributed by atoms with Crippen LogP contribution in [-0.2, 0) is 10.2 Å².